The molecule has 0 aliphatic heterocycles. The molecule has 0 spiro atoms. The van der Waals surface area contributed by atoms with Crippen LogP contribution in [0.2, 0.25) is 0 Å². The molecule has 0 bridgehead atoms. The van der Waals surface area contributed by atoms with Gasteiger partial charge in [0.1, 0.15) is 0 Å². The van der Waals surface area contributed by atoms with Gasteiger partial charge >= 0.3 is 0 Å². The Kier molecular flexibility index (Phi) is 4.12. The van der Waals surface area contributed by atoms with E-state index in [9.17, 15) is 4.79 Å². The molecule has 0 heterocycles. The minimum atomic E-state index is -0.0973. The maximum Gasteiger partial charge on any atom is 0.251 e. The molecule has 0 saturated carbocycles. The standard InChI is InChI=1S/C15H16N2OS/c1-10(14(16)19)9-17-15(18)13-8-4-6-11-5-2-3-7-12(11)13/h2-8,10H,9H2,1H3,(H2,16,19)(H,17,18). The Labute approximate surface area is 117 Å². The van der Waals surface area contributed by atoms with Crippen LogP contribution in [-0.4, -0.2) is 17.4 Å². The third-order valence-electron chi connectivity index (χ3n) is 3.09. The Hall–Kier alpha value is -1.94. The first-order valence-corrected chi connectivity index (χ1v) is 6.55. The van der Waals surface area contributed by atoms with Gasteiger partial charge in [0, 0.05) is 18.0 Å². The normalized spacial score (nSPS) is 12.1. The van der Waals surface area contributed by atoms with Crippen molar-refractivity contribution in [2.45, 2.75) is 6.92 Å². The molecule has 2 aromatic rings. The van der Waals surface area contributed by atoms with Crippen molar-refractivity contribution in [2.75, 3.05) is 6.54 Å². The Bertz CT molecular complexity index is 619. The molecule has 3 N–H and O–H groups in total. The Morgan fingerprint density at radius 3 is 2.68 bits per heavy atom. The zero-order valence-corrected chi connectivity index (χ0v) is 11.5. The molecule has 0 fully saturated rings. The number of carbonyl (C=O) groups excluding carboxylic acids is 1. The predicted molar refractivity (Wildman–Crippen MR) is 82.2 cm³/mol. The van der Waals surface area contributed by atoms with Crippen LogP contribution in [0, 0.1) is 5.92 Å². The number of fused-ring (bicyclic) bond motifs is 1. The third-order valence-corrected chi connectivity index (χ3v) is 3.49. The first kappa shape index (κ1) is 13.5. The highest BCUT2D eigenvalue weighted by Crippen LogP contribution is 2.18. The first-order valence-electron chi connectivity index (χ1n) is 6.15. The number of rotatable bonds is 4. The van der Waals surface area contributed by atoms with Crippen LogP contribution in [0.5, 0.6) is 0 Å². The average molecular weight is 272 g/mol. The molecule has 0 aliphatic carbocycles. The van der Waals surface area contributed by atoms with Crippen molar-refractivity contribution in [3.8, 4) is 0 Å². The second-order valence-electron chi connectivity index (χ2n) is 4.54. The number of hydrogen-bond donors (Lipinski definition) is 2. The summed E-state index contributed by atoms with van der Waals surface area (Å²) in [6.07, 6.45) is 0. The molecular weight excluding hydrogens is 256 g/mol. The number of benzene rings is 2. The highest BCUT2D eigenvalue weighted by molar-refractivity contribution is 7.80. The van der Waals surface area contributed by atoms with Gasteiger partial charge in [-0.25, -0.2) is 0 Å². The van der Waals surface area contributed by atoms with E-state index in [2.05, 4.69) is 5.32 Å². The molecule has 1 unspecified atom stereocenters. The monoisotopic (exact) mass is 272 g/mol. The lowest BCUT2D eigenvalue weighted by Crippen LogP contribution is -2.33. The van der Waals surface area contributed by atoms with E-state index in [1.807, 2.05) is 49.4 Å². The van der Waals surface area contributed by atoms with Gasteiger partial charge in [0.15, 0.2) is 0 Å². The van der Waals surface area contributed by atoms with Gasteiger partial charge < -0.3 is 11.1 Å². The van der Waals surface area contributed by atoms with Gasteiger partial charge in [-0.05, 0) is 16.8 Å². The number of nitrogens with two attached hydrogens (primary N) is 1. The van der Waals surface area contributed by atoms with Gasteiger partial charge in [-0.2, -0.15) is 0 Å². The summed E-state index contributed by atoms with van der Waals surface area (Å²) in [7, 11) is 0. The van der Waals surface area contributed by atoms with Gasteiger partial charge in [0.25, 0.3) is 5.91 Å². The van der Waals surface area contributed by atoms with E-state index in [-0.39, 0.29) is 11.8 Å². The molecule has 0 saturated heterocycles. The van der Waals surface area contributed by atoms with Crippen molar-refractivity contribution in [1.82, 2.24) is 5.32 Å². The molecule has 1 atom stereocenters. The number of carbonyl (C=O) groups is 1. The third kappa shape index (κ3) is 3.09. The molecule has 0 aromatic heterocycles. The predicted octanol–water partition coefficient (Wildman–Crippen LogP) is 2.49. The zero-order valence-electron chi connectivity index (χ0n) is 10.7. The van der Waals surface area contributed by atoms with E-state index in [4.69, 9.17) is 18.0 Å². The topological polar surface area (TPSA) is 55.1 Å². The van der Waals surface area contributed by atoms with Crippen molar-refractivity contribution < 1.29 is 4.79 Å². The number of hydrogen-bond acceptors (Lipinski definition) is 2. The van der Waals surface area contributed by atoms with E-state index in [1.165, 1.54) is 0 Å². The lowest BCUT2D eigenvalue weighted by Gasteiger charge is -2.12. The number of thiocarbonyl (C=S) groups is 1. The smallest absolute Gasteiger partial charge is 0.251 e. The summed E-state index contributed by atoms with van der Waals surface area (Å²) in [5.41, 5.74) is 6.21. The molecule has 0 aliphatic rings. The van der Waals surface area contributed by atoms with Crippen molar-refractivity contribution >= 4 is 33.9 Å². The molecular formula is C15H16N2OS. The molecule has 2 aromatic carbocycles. The second kappa shape index (κ2) is 5.80. The number of nitrogens with one attached hydrogen (secondary N) is 1. The van der Waals surface area contributed by atoms with E-state index in [0.717, 1.165) is 10.8 Å². The van der Waals surface area contributed by atoms with Gasteiger partial charge in [-0.15, -0.1) is 0 Å². The van der Waals surface area contributed by atoms with E-state index in [0.29, 0.717) is 17.1 Å². The van der Waals surface area contributed by atoms with Gasteiger partial charge in [0.2, 0.25) is 0 Å². The largest absolute Gasteiger partial charge is 0.393 e. The zero-order chi connectivity index (χ0) is 13.8. The first-order chi connectivity index (χ1) is 9.09. The van der Waals surface area contributed by atoms with Gasteiger partial charge in [0.05, 0.1) is 4.99 Å². The maximum atomic E-state index is 12.2. The van der Waals surface area contributed by atoms with Crippen LogP contribution in [0.25, 0.3) is 10.8 Å². The Balaban J connectivity index is 2.20. The number of amides is 1. The van der Waals surface area contributed by atoms with E-state index >= 15 is 0 Å². The summed E-state index contributed by atoms with van der Waals surface area (Å²) in [4.78, 5) is 12.6. The molecule has 1 amide bonds. The van der Waals surface area contributed by atoms with Crippen LogP contribution in [0.15, 0.2) is 42.5 Å². The summed E-state index contributed by atoms with van der Waals surface area (Å²) in [6.45, 7) is 2.35. The second-order valence-corrected chi connectivity index (χ2v) is 5.01. The van der Waals surface area contributed by atoms with Crippen molar-refractivity contribution in [3.05, 3.63) is 48.0 Å². The van der Waals surface area contributed by atoms with Crippen LogP contribution in [0.3, 0.4) is 0 Å². The highest BCUT2D eigenvalue weighted by atomic mass is 32.1. The van der Waals surface area contributed by atoms with Crippen LogP contribution in [0.4, 0.5) is 0 Å². The lowest BCUT2D eigenvalue weighted by molar-refractivity contribution is 0.0953. The fraction of sp³-hybridized carbons (Fsp3) is 0.200. The fourth-order valence-electron chi connectivity index (χ4n) is 1.87. The average Bonchev–Trinajstić information content (AvgIpc) is 2.43. The van der Waals surface area contributed by atoms with Crippen LogP contribution >= 0.6 is 12.2 Å². The van der Waals surface area contributed by atoms with Crippen LogP contribution < -0.4 is 11.1 Å². The van der Waals surface area contributed by atoms with Crippen LogP contribution in [-0.2, 0) is 0 Å². The maximum absolute atomic E-state index is 12.2. The van der Waals surface area contributed by atoms with Crippen molar-refractivity contribution in [2.24, 2.45) is 11.7 Å². The highest BCUT2D eigenvalue weighted by Gasteiger charge is 2.11. The Morgan fingerprint density at radius 2 is 1.95 bits per heavy atom. The quantitative estimate of drug-likeness (QED) is 0.841. The van der Waals surface area contributed by atoms with Crippen molar-refractivity contribution in [3.63, 3.8) is 0 Å². The van der Waals surface area contributed by atoms with Crippen molar-refractivity contribution in [1.29, 1.82) is 0 Å². The Morgan fingerprint density at radius 1 is 1.26 bits per heavy atom. The lowest BCUT2D eigenvalue weighted by atomic mass is 10.0. The van der Waals surface area contributed by atoms with Gasteiger partial charge in [-0.3, -0.25) is 4.79 Å². The molecule has 2 rings (SSSR count). The minimum Gasteiger partial charge on any atom is -0.393 e. The van der Waals surface area contributed by atoms with Gasteiger partial charge in [-0.1, -0.05) is 55.5 Å². The van der Waals surface area contributed by atoms with E-state index in [1.54, 1.807) is 0 Å². The summed E-state index contributed by atoms with van der Waals surface area (Å²) in [5.74, 6) is -0.103. The molecule has 0 radical (unpaired) electrons. The van der Waals surface area contributed by atoms with E-state index < -0.39 is 0 Å². The summed E-state index contributed by atoms with van der Waals surface area (Å²) >= 11 is 4.89. The summed E-state index contributed by atoms with van der Waals surface area (Å²) in [6, 6.07) is 13.5. The SMILES string of the molecule is CC(CNC(=O)c1cccc2ccccc12)C(N)=S. The molecule has 4 heteroatoms. The molecule has 19 heavy (non-hydrogen) atoms. The summed E-state index contributed by atoms with van der Waals surface area (Å²) < 4.78 is 0. The minimum absolute atomic E-state index is 0.00562. The fourth-order valence-corrected chi connectivity index (χ4v) is 1.95. The molecule has 3 nitrogen and oxygen atoms in total. The molecule has 98 valence electrons. The summed E-state index contributed by atoms with van der Waals surface area (Å²) in [5, 5.41) is 4.87. The van der Waals surface area contributed by atoms with Crippen LogP contribution in [0.1, 0.15) is 17.3 Å².